The van der Waals surface area contributed by atoms with Crippen LogP contribution in [0.1, 0.15) is 35.7 Å². The highest BCUT2D eigenvalue weighted by atomic mass is 35.5. The number of aromatic nitrogens is 3. The lowest BCUT2D eigenvalue weighted by atomic mass is 10.2. The molecule has 140 valence electrons. The monoisotopic (exact) mass is 385 g/mol. The fraction of sp³-hybridized carbons (Fsp3) is 0.250. The topological polar surface area (TPSA) is 66.2 Å². The highest BCUT2D eigenvalue weighted by Gasteiger charge is 2.11. The molecule has 0 aliphatic heterocycles. The number of carbonyl (C=O) groups excluding carboxylic acids is 1. The molecule has 0 N–H and O–H groups in total. The summed E-state index contributed by atoms with van der Waals surface area (Å²) in [5.74, 6) is 1.73. The van der Waals surface area contributed by atoms with E-state index in [0.717, 1.165) is 24.7 Å². The Kier molecular flexibility index (Phi) is 6.44. The van der Waals surface area contributed by atoms with Gasteiger partial charge < -0.3 is 9.47 Å². The first-order chi connectivity index (χ1) is 13.2. The van der Waals surface area contributed by atoms with Crippen molar-refractivity contribution in [3.8, 4) is 17.4 Å². The fourth-order valence-electron chi connectivity index (χ4n) is 2.46. The zero-order valence-corrected chi connectivity index (χ0v) is 15.7. The Labute approximate surface area is 162 Å². The highest BCUT2D eigenvalue weighted by molar-refractivity contribution is 6.30. The van der Waals surface area contributed by atoms with Crippen molar-refractivity contribution in [1.82, 2.24) is 14.8 Å². The second-order valence-corrected chi connectivity index (χ2v) is 6.33. The Bertz CT molecular complexity index is 911. The van der Waals surface area contributed by atoms with Crippen LogP contribution in [0.25, 0.3) is 5.82 Å². The van der Waals surface area contributed by atoms with Crippen LogP contribution < -0.4 is 9.47 Å². The number of carbonyl (C=O) groups is 1. The molecule has 2 heterocycles. The molecule has 27 heavy (non-hydrogen) atoms. The molecular weight excluding hydrogens is 366 g/mol. The Morgan fingerprint density at radius 1 is 1.15 bits per heavy atom. The molecule has 0 saturated carbocycles. The molecule has 3 rings (SSSR count). The summed E-state index contributed by atoms with van der Waals surface area (Å²) in [4.78, 5) is 15.2. The number of rotatable bonds is 9. The lowest BCUT2D eigenvalue weighted by molar-refractivity contribution is 0.112. The number of halogens is 1. The summed E-state index contributed by atoms with van der Waals surface area (Å²) in [6.07, 6.45) is 5.97. The molecule has 6 nitrogen and oxygen atoms in total. The maximum atomic E-state index is 11.0. The summed E-state index contributed by atoms with van der Waals surface area (Å²) in [7, 11) is 0. The van der Waals surface area contributed by atoms with Gasteiger partial charge in [-0.2, -0.15) is 9.78 Å². The molecule has 0 unspecified atom stereocenters. The summed E-state index contributed by atoms with van der Waals surface area (Å²) in [5, 5.41) is 4.85. The van der Waals surface area contributed by atoms with E-state index in [2.05, 4.69) is 17.0 Å². The van der Waals surface area contributed by atoms with Gasteiger partial charge in [0, 0.05) is 28.4 Å². The number of hydrogen-bond donors (Lipinski definition) is 0. The van der Waals surface area contributed by atoms with Gasteiger partial charge in [0.2, 0.25) is 5.88 Å². The summed E-state index contributed by atoms with van der Waals surface area (Å²) in [5.41, 5.74) is 1.41. The quantitative estimate of drug-likeness (QED) is 0.401. The van der Waals surface area contributed by atoms with Crippen molar-refractivity contribution in [2.24, 2.45) is 0 Å². The molecule has 0 spiro atoms. The molecule has 0 fully saturated rings. The smallest absolute Gasteiger partial charge is 0.218 e. The van der Waals surface area contributed by atoms with E-state index in [1.54, 1.807) is 47.4 Å². The third-order valence-corrected chi connectivity index (χ3v) is 4.13. The molecule has 2 aromatic heterocycles. The van der Waals surface area contributed by atoms with Crippen LogP contribution in [0, 0.1) is 0 Å². The van der Waals surface area contributed by atoms with Gasteiger partial charge in [-0.3, -0.25) is 4.79 Å². The lowest BCUT2D eigenvalue weighted by Gasteiger charge is -2.13. The predicted molar refractivity (Wildman–Crippen MR) is 103 cm³/mol. The van der Waals surface area contributed by atoms with Crippen LogP contribution in [-0.2, 0) is 6.61 Å². The van der Waals surface area contributed by atoms with Gasteiger partial charge in [0.25, 0.3) is 0 Å². The van der Waals surface area contributed by atoms with Crippen molar-refractivity contribution in [2.45, 2.75) is 26.4 Å². The Balaban J connectivity index is 1.76. The van der Waals surface area contributed by atoms with Crippen LogP contribution >= 0.6 is 11.6 Å². The van der Waals surface area contributed by atoms with E-state index in [4.69, 9.17) is 21.1 Å². The van der Waals surface area contributed by atoms with Crippen molar-refractivity contribution in [3.63, 3.8) is 0 Å². The molecule has 0 amide bonds. The van der Waals surface area contributed by atoms with Gasteiger partial charge in [-0.05, 0) is 30.7 Å². The molecule has 0 atom stereocenters. The van der Waals surface area contributed by atoms with Crippen LogP contribution in [0.4, 0.5) is 0 Å². The number of pyridine rings is 1. The first-order valence-corrected chi connectivity index (χ1v) is 9.08. The van der Waals surface area contributed by atoms with E-state index in [0.29, 0.717) is 34.6 Å². The Morgan fingerprint density at radius 2 is 2.04 bits per heavy atom. The maximum Gasteiger partial charge on any atom is 0.218 e. The zero-order valence-electron chi connectivity index (χ0n) is 15.0. The largest absolute Gasteiger partial charge is 0.493 e. The van der Waals surface area contributed by atoms with Gasteiger partial charge >= 0.3 is 0 Å². The van der Waals surface area contributed by atoms with Gasteiger partial charge in [0.05, 0.1) is 12.8 Å². The SMILES string of the molecule is CCCCOc1cc(Cl)ccc1COc1ccnn1-c1cc(C=O)ccn1. The minimum Gasteiger partial charge on any atom is -0.493 e. The zero-order chi connectivity index (χ0) is 19.1. The number of hydrogen-bond acceptors (Lipinski definition) is 5. The van der Waals surface area contributed by atoms with Gasteiger partial charge in [0.1, 0.15) is 18.6 Å². The average molecular weight is 386 g/mol. The van der Waals surface area contributed by atoms with E-state index >= 15 is 0 Å². The molecule has 0 aliphatic rings. The second kappa shape index (κ2) is 9.19. The van der Waals surface area contributed by atoms with Crippen molar-refractivity contribution in [2.75, 3.05) is 6.61 Å². The van der Waals surface area contributed by atoms with E-state index in [-0.39, 0.29) is 6.61 Å². The number of nitrogens with zero attached hydrogens (tertiary/aromatic N) is 3. The molecule has 0 radical (unpaired) electrons. The third-order valence-electron chi connectivity index (χ3n) is 3.89. The van der Waals surface area contributed by atoms with Gasteiger partial charge in [-0.25, -0.2) is 4.98 Å². The van der Waals surface area contributed by atoms with Crippen molar-refractivity contribution in [1.29, 1.82) is 0 Å². The van der Waals surface area contributed by atoms with Crippen LogP contribution in [-0.4, -0.2) is 27.7 Å². The molecular formula is C20H20ClN3O3. The Morgan fingerprint density at radius 3 is 2.85 bits per heavy atom. The fourth-order valence-corrected chi connectivity index (χ4v) is 2.62. The van der Waals surface area contributed by atoms with Crippen molar-refractivity contribution >= 4 is 17.9 Å². The summed E-state index contributed by atoms with van der Waals surface area (Å²) < 4.78 is 13.3. The normalized spacial score (nSPS) is 10.6. The average Bonchev–Trinajstić information content (AvgIpc) is 3.16. The first kappa shape index (κ1) is 18.9. The third kappa shape index (κ3) is 4.86. The maximum absolute atomic E-state index is 11.0. The van der Waals surface area contributed by atoms with Crippen LogP contribution in [0.15, 0.2) is 48.8 Å². The molecule has 3 aromatic rings. The van der Waals surface area contributed by atoms with E-state index < -0.39 is 0 Å². The summed E-state index contributed by atoms with van der Waals surface area (Å²) >= 11 is 6.09. The van der Waals surface area contributed by atoms with E-state index in [1.807, 2.05) is 6.07 Å². The lowest BCUT2D eigenvalue weighted by Crippen LogP contribution is -2.07. The number of unbranched alkanes of at least 4 members (excludes halogenated alkanes) is 1. The van der Waals surface area contributed by atoms with E-state index in [1.165, 1.54) is 0 Å². The van der Waals surface area contributed by atoms with Gasteiger partial charge in [-0.15, -0.1) is 0 Å². The summed E-state index contributed by atoms with van der Waals surface area (Å²) in [6, 6.07) is 10.5. The minimum atomic E-state index is 0.289. The Hall–Kier alpha value is -2.86. The number of benzene rings is 1. The minimum absolute atomic E-state index is 0.289. The van der Waals surface area contributed by atoms with Gasteiger partial charge in [0.15, 0.2) is 5.82 Å². The van der Waals surface area contributed by atoms with Crippen molar-refractivity contribution < 1.29 is 14.3 Å². The highest BCUT2D eigenvalue weighted by Crippen LogP contribution is 2.26. The number of ether oxygens (including phenoxy) is 2. The molecule has 0 saturated heterocycles. The summed E-state index contributed by atoms with van der Waals surface area (Å²) in [6.45, 7) is 3.03. The van der Waals surface area contributed by atoms with Gasteiger partial charge in [-0.1, -0.05) is 31.0 Å². The molecule has 1 aromatic carbocycles. The first-order valence-electron chi connectivity index (χ1n) is 8.71. The van der Waals surface area contributed by atoms with Crippen LogP contribution in [0.2, 0.25) is 5.02 Å². The van der Waals surface area contributed by atoms with Crippen LogP contribution in [0.5, 0.6) is 11.6 Å². The van der Waals surface area contributed by atoms with Crippen LogP contribution in [0.3, 0.4) is 0 Å². The number of aldehydes is 1. The van der Waals surface area contributed by atoms with E-state index in [9.17, 15) is 4.79 Å². The standard InChI is InChI=1S/C20H20ClN3O3/c1-2-3-10-26-18-12-17(21)5-4-16(18)14-27-20-7-9-23-24(20)19-11-15(13-25)6-8-22-19/h4-9,11-13H,2-3,10,14H2,1H3. The van der Waals surface area contributed by atoms with Crippen molar-refractivity contribution in [3.05, 3.63) is 64.9 Å². The molecule has 7 heteroatoms. The molecule has 0 bridgehead atoms. The molecule has 0 aliphatic carbocycles. The second-order valence-electron chi connectivity index (χ2n) is 5.89. The predicted octanol–water partition coefficient (Wildman–Crippen LogP) is 4.49.